The second-order valence-corrected chi connectivity index (χ2v) is 4.95. The minimum Gasteiger partial charge on any atom is -0.491 e. The van der Waals surface area contributed by atoms with Crippen LogP contribution in [-0.4, -0.2) is 19.3 Å². The Labute approximate surface area is 104 Å². The van der Waals surface area contributed by atoms with Gasteiger partial charge >= 0.3 is 0 Å². The lowest BCUT2D eigenvalue weighted by molar-refractivity contribution is -0.000956. The molecule has 0 atom stereocenters. The van der Waals surface area contributed by atoms with E-state index in [1.807, 2.05) is 0 Å². The molecule has 1 saturated heterocycles. The van der Waals surface area contributed by atoms with E-state index in [0.717, 1.165) is 44.7 Å². The predicted molar refractivity (Wildman–Crippen MR) is 69.8 cm³/mol. The molecule has 0 unspecified atom stereocenters. The molecule has 1 aliphatic heterocycles. The quantitative estimate of drug-likeness (QED) is 0.724. The summed E-state index contributed by atoms with van der Waals surface area (Å²) in [6.45, 7) is 5.99. The summed E-state index contributed by atoms with van der Waals surface area (Å²) in [7, 11) is 0. The van der Waals surface area contributed by atoms with E-state index in [2.05, 4.69) is 32.1 Å². The molecule has 1 heterocycles. The number of ether oxygens (including phenoxy) is 2. The van der Waals surface area contributed by atoms with Gasteiger partial charge in [-0.25, -0.2) is 0 Å². The van der Waals surface area contributed by atoms with Crippen molar-refractivity contribution in [2.75, 3.05) is 13.2 Å². The lowest BCUT2D eigenvalue weighted by atomic mass is 10.0. The molecule has 1 aliphatic carbocycles. The van der Waals surface area contributed by atoms with Crippen LogP contribution in [-0.2, 0) is 9.47 Å². The van der Waals surface area contributed by atoms with Gasteiger partial charge in [0.2, 0.25) is 0 Å². The van der Waals surface area contributed by atoms with Crippen molar-refractivity contribution in [3.63, 3.8) is 0 Å². The average molecular weight is 234 g/mol. The molecule has 0 aromatic rings. The molecule has 2 aliphatic rings. The summed E-state index contributed by atoms with van der Waals surface area (Å²) in [6.07, 6.45) is 11.2. The highest BCUT2D eigenvalue weighted by Crippen LogP contribution is 2.20. The van der Waals surface area contributed by atoms with E-state index in [1.54, 1.807) is 0 Å². The number of hydrogen-bond acceptors (Lipinski definition) is 2. The van der Waals surface area contributed by atoms with Crippen molar-refractivity contribution in [1.29, 1.82) is 0 Å². The smallest absolute Gasteiger partial charge is 0.116 e. The summed E-state index contributed by atoms with van der Waals surface area (Å²) in [5, 5.41) is 0. The van der Waals surface area contributed by atoms with Crippen LogP contribution >= 0.6 is 0 Å². The van der Waals surface area contributed by atoms with Crippen LogP contribution < -0.4 is 0 Å². The lowest BCUT2D eigenvalue weighted by Gasteiger charge is -2.24. The first-order valence-electron chi connectivity index (χ1n) is 6.54. The third-order valence-corrected chi connectivity index (χ3v) is 3.20. The molecule has 94 valence electrons. The molecule has 0 bridgehead atoms. The normalized spacial score (nSPS) is 23.1. The van der Waals surface area contributed by atoms with Gasteiger partial charge in [-0.15, -0.1) is 0 Å². The Bertz CT molecular complexity index is 344. The zero-order valence-corrected chi connectivity index (χ0v) is 10.9. The van der Waals surface area contributed by atoms with Crippen molar-refractivity contribution in [2.45, 2.75) is 45.6 Å². The van der Waals surface area contributed by atoms with Crippen molar-refractivity contribution < 1.29 is 9.47 Å². The van der Waals surface area contributed by atoms with Crippen LogP contribution in [0.25, 0.3) is 0 Å². The van der Waals surface area contributed by atoms with E-state index in [-0.39, 0.29) is 0 Å². The third kappa shape index (κ3) is 4.04. The van der Waals surface area contributed by atoms with E-state index in [1.165, 1.54) is 11.1 Å². The summed E-state index contributed by atoms with van der Waals surface area (Å²) in [4.78, 5) is 0. The zero-order chi connectivity index (χ0) is 12.1. The van der Waals surface area contributed by atoms with Gasteiger partial charge in [0, 0.05) is 12.8 Å². The summed E-state index contributed by atoms with van der Waals surface area (Å²) in [5.74, 6) is 1.04. The van der Waals surface area contributed by atoms with Crippen LogP contribution in [0.5, 0.6) is 0 Å². The number of rotatable bonds is 2. The highest BCUT2D eigenvalue weighted by Gasteiger charge is 2.15. The van der Waals surface area contributed by atoms with Crippen molar-refractivity contribution in [3.05, 3.63) is 35.1 Å². The lowest BCUT2D eigenvalue weighted by Crippen LogP contribution is -2.23. The van der Waals surface area contributed by atoms with E-state index >= 15 is 0 Å². The summed E-state index contributed by atoms with van der Waals surface area (Å²) >= 11 is 0. The first-order valence-corrected chi connectivity index (χ1v) is 6.54. The van der Waals surface area contributed by atoms with Crippen molar-refractivity contribution in [1.82, 2.24) is 0 Å². The summed E-state index contributed by atoms with van der Waals surface area (Å²) < 4.78 is 11.4. The highest BCUT2D eigenvalue weighted by atomic mass is 16.5. The van der Waals surface area contributed by atoms with Crippen LogP contribution in [0.1, 0.15) is 39.5 Å². The Morgan fingerprint density at radius 2 is 1.94 bits per heavy atom. The molecule has 0 saturated carbocycles. The molecule has 17 heavy (non-hydrogen) atoms. The summed E-state index contributed by atoms with van der Waals surface area (Å²) in [5.41, 5.74) is 2.72. The number of hydrogen-bond donors (Lipinski definition) is 0. The molecule has 0 aromatic carbocycles. The Morgan fingerprint density at radius 3 is 2.71 bits per heavy atom. The molecular weight excluding hydrogens is 212 g/mol. The molecule has 0 N–H and O–H groups in total. The van der Waals surface area contributed by atoms with Crippen LogP contribution in [0.3, 0.4) is 0 Å². The largest absolute Gasteiger partial charge is 0.491 e. The van der Waals surface area contributed by atoms with Crippen molar-refractivity contribution >= 4 is 0 Å². The van der Waals surface area contributed by atoms with Crippen molar-refractivity contribution in [2.24, 2.45) is 0 Å². The standard InChI is InChI=1S/C15H22O2/c1-12-4-3-5-15(11-13(2)10-12)17-14-6-8-16-9-7-14/h5,10-11,14H,3-4,6-9H2,1-2H3. The average Bonchev–Trinajstić information content (AvgIpc) is 2.28. The van der Waals surface area contributed by atoms with Gasteiger partial charge in [0.15, 0.2) is 0 Å². The maximum absolute atomic E-state index is 6.05. The minimum atomic E-state index is 0.337. The molecule has 2 nitrogen and oxygen atoms in total. The van der Waals surface area contributed by atoms with Gasteiger partial charge in [0.1, 0.15) is 11.9 Å². The van der Waals surface area contributed by atoms with E-state index < -0.39 is 0 Å². The zero-order valence-electron chi connectivity index (χ0n) is 10.9. The fourth-order valence-electron chi connectivity index (χ4n) is 2.30. The third-order valence-electron chi connectivity index (χ3n) is 3.20. The van der Waals surface area contributed by atoms with E-state index in [9.17, 15) is 0 Å². The molecule has 0 radical (unpaired) electrons. The maximum atomic E-state index is 6.05. The monoisotopic (exact) mass is 234 g/mol. The molecule has 0 spiro atoms. The Balaban J connectivity index is 1.99. The highest BCUT2D eigenvalue weighted by molar-refractivity contribution is 5.30. The number of allylic oxidation sites excluding steroid dienone is 5. The Hall–Kier alpha value is -1.02. The predicted octanol–water partition coefficient (Wildman–Crippen LogP) is 3.75. The second kappa shape index (κ2) is 6.06. The molecule has 2 heteroatoms. The second-order valence-electron chi connectivity index (χ2n) is 4.95. The molecule has 0 amide bonds. The molecule has 2 rings (SSSR count). The van der Waals surface area contributed by atoms with Gasteiger partial charge in [0.05, 0.1) is 13.2 Å². The SMILES string of the molecule is CC1=CC(OC2CCOCC2)=CCCC(C)=C1. The van der Waals surface area contributed by atoms with Crippen LogP contribution in [0.2, 0.25) is 0 Å². The van der Waals surface area contributed by atoms with E-state index in [0.29, 0.717) is 6.10 Å². The summed E-state index contributed by atoms with van der Waals surface area (Å²) in [6, 6.07) is 0. The van der Waals surface area contributed by atoms with Crippen LogP contribution in [0.4, 0.5) is 0 Å². The maximum Gasteiger partial charge on any atom is 0.116 e. The molecule has 0 aromatic heterocycles. The van der Waals surface area contributed by atoms with Gasteiger partial charge in [-0.2, -0.15) is 0 Å². The van der Waals surface area contributed by atoms with E-state index in [4.69, 9.17) is 9.47 Å². The first kappa shape index (κ1) is 12.4. The van der Waals surface area contributed by atoms with Gasteiger partial charge in [0.25, 0.3) is 0 Å². The van der Waals surface area contributed by atoms with Gasteiger partial charge in [-0.1, -0.05) is 11.6 Å². The van der Waals surface area contributed by atoms with Gasteiger partial charge in [-0.3, -0.25) is 0 Å². The molecule has 1 fully saturated rings. The fourth-order valence-corrected chi connectivity index (χ4v) is 2.30. The first-order chi connectivity index (χ1) is 8.24. The van der Waals surface area contributed by atoms with Gasteiger partial charge < -0.3 is 9.47 Å². The molecular formula is C15H22O2. The minimum absolute atomic E-state index is 0.337. The topological polar surface area (TPSA) is 18.5 Å². The van der Waals surface area contributed by atoms with Crippen LogP contribution in [0.15, 0.2) is 35.1 Å². The Morgan fingerprint density at radius 1 is 1.18 bits per heavy atom. The van der Waals surface area contributed by atoms with Gasteiger partial charge in [-0.05, 0) is 44.4 Å². The van der Waals surface area contributed by atoms with Crippen molar-refractivity contribution in [3.8, 4) is 0 Å². The Kier molecular flexibility index (Phi) is 4.43. The fraction of sp³-hybridized carbons (Fsp3) is 0.600. The van der Waals surface area contributed by atoms with Crippen LogP contribution in [0, 0.1) is 0 Å².